The van der Waals surface area contributed by atoms with Gasteiger partial charge < -0.3 is 5.73 Å². The molecule has 6 heteroatoms. The van der Waals surface area contributed by atoms with Crippen LogP contribution in [0.25, 0.3) is 0 Å². The Morgan fingerprint density at radius 3 is 2.42 bits per heavy atom. The van der Waals surface area contributed by atoms with E-state index in [-0.39, 0.29) is 12.0 Å². The van der Waals surface area contributed by atoms with Crippen molar-refractivity contribution in [1.82, 2.24) is 4.98 Å². The molecule has 19 heavy (non-hydrogen) atoms. The molecule has 0 bridgehead atoms. The minimum Gasteiger partial charge on any atom is -0.323 e. The van der Waals surface area contributed by atoms with Crippen molar-refractivity contribution in [3.05, 3.63) is 16.1 Å². The van der Waals surface area contributed by atoms with Crippen molar-refractivity contribution in [1.29, 1.82) is 0 Å². The molecule has 1 aromatic rings. The van der Waals surface area contributed by atoms with Crippen molar-refractivity contribution < 1.29 is 13.2 Å². The van der Waals surface area contributed by atoms with Crippen LogP contribution in [0, 0.1) is 11.3 Å². The van der Waals surface area contributed by atoms with E-state index < -0.39 is 11.2 Å². The van der Waals surface area contributed by atoms with E-state index in [1.165, 1.54) is 6.20 Å². The van der Waals surface area contributed by atoms with Gasteiger partial charge in [-0.05, 0) is 37.0 Å². The third kappa shape index (κ3) is 3.48. The molecule has 0 radical (unpaired) electrons. The fourth-order valence-corrected chi connectivity index (χ4v) is 3.46. The van der Waals surface area contributed by atoms with Crippen LogP contribution in [-0.4, -0.2) is 4.98 Å². The van der Waals surface area contributed by atoms with E-state index in [2.05, 4.69) is 18.8 Å². The van der Waals surface area contributed by atoms with Gasteiger partial charge in [-0.15, -0.1) is 11.3 Å². The summed E-state index contributed by atoms with van der Waals surface area (Å²) in [6.45, 7) is 4.45. The third-order valence-corrected chi connectivity index (χ3v) is 5.13. The number of nitrogens with two attached hydrogens (primary N) is 1. The van der Waals surface area contributed by atoms with E-state index in [1.54, 1.807) is 0 Å². The van der Waals surface area contributed by atoms with Crippen molar-refractivity contribution in [2.75, 3.05) is 0 Å². The Kier molecular flexibility index (Phi) is 3.93. The highest BCUT2D eigenvalue weighted by Gasteiger charge is 2.36. The van der Waals surface area contributed by atoms with Crippen LogP contribution in [0.5, 0.6) is 0 Å². The summed E-state index contributed by atoms with van der Waals surface area (Å²) in [5, 5.41) is -0.797. The average Bonchev–Trinajstić information content (AvgIpc) is 2.77. The first-order chi connectivity index (χ1) is 8.69. The van der Waals surface area contributed by atoms with Crippen LogP contribution >= 0.6 is 11.3 Å². The molecule has 0 saturated heterocycles. The van der Waals surface area contributed by atoms with Crippen LogP contribution in [0.1, 0.15) is 55.5 Å². The van der Waals surface area contributed by atoms with Gasteiger partial charge in [-0.1, -0.05) is 13.8 Å². The molecule has 1 fully saturated rings. The topological polar surface area (TPSA) is 38.9 Å². The first-order valence-corrected chi connectivity index (χ1v) is 7.29. The predicted molar refractivity (Wildman–Crippen MR) is 69.8 cm³/mol. The molecule has 0 aromatic carbocycles. The smallest absolute Gasteiger partial charge is 0.323 e. The average molecular weight is 292 g/mol. The number of aromatic nitrogens is 1. The molecule has 2 N–H and O–H groups in total. The maximum atomic E-state index is 12.5. The molecular weight excluding hydrogens is 273 g/mol. The zero-order valence-electron chi connectivity index (χ0n) is 11.1. The Bertz CT molecular complexity index is 429. The van der Waals surface area contributed by atoms with Gasteiger partial charge in [0.05, 0.1) is 0 Å². The first-order valence-electron chi connectivity index (χ1n) is 6.47. The second-order valence-corrected chi connectivity index (χ2v) is 7.16. The Morgan fingerprint density at radius 2 is 1.95 bits per heavy atom. The number of hydrogen-bond donors (Lipinski definition) is 1. The van der Waals surface area contributed by atoms with Crippen molar-refractivity contribution in [3.63, 3.8) is 0 Å². The Labute approximate surface area is 115 Å². The van der Waals surface area contributed by atoms with Crippen LogP contribution in [0.3, 0.4) is 0 Å². The summed E-state index contributed by atoms with van der Waals surface area (Å²) in [5.41, 5.74) is 6.45. The van der Waals surface area contributed by atoms with Crippen molar-refractivity contribution in [2.45, 2.75) is 51.7 Å². The zero-order chi connectivity index (χ0) is 14.3. The van der Waals surface area contributed by atoms with Gasteiger partial charge in [-0.3, -0.25) is 0 Å². The summed E-state index contributed by atoms with van der Waals surface area (Å²) >= 11 is 0.680. The maximum absolute atomic E-state index is 12.5. The largest absolute Gasteiger partial charge is 0.443 e. The van der Waals surface area contributed by atoms with Gasteiger partial charge in [0.25, 0.3) is 0 Å². The van der Waals surface area contributed by atoms with Gasteiger partial charge in [0, 0.05) is 17.1 Å². The fourth-order valence-electron chi connectivity index (χ4n) is 2.58. The lowest BCUT2D eigenvalue weighted by atomic mass is 9.71. The van der Waals surface area contributed by atoms with Gasteiger partial charge in [-0.25, -0.2) is 4.98 Å². The normalized spacial score (nSPS) is 22.4. The molecule has 108 valence electrons. The number of halogens is 3. The van der Waals surface area contributed by atoms with E-state index in [0.717, 1.165) is 25.7 Å². The SMILES string of the molecule is CC1(C)CCC(C(N)c2cnc(C(F)(F)F)s2)CC1. The lowest BCUT2D eigenvalue weighted by Gasteiger charge is -2.36. The highest BCUT2D eigenvalue weighted by atomic mass is 32.1. The van der Waals surface area contributed by atoms with Crippen LogP contribution in [0.4, 0.5) is 13.2 Å². The number of hydrogen-bond acceptors (Lipinski definition) is 3. The number of thiazole rings is 1. The monoisotopic (exact) mass is 292 g/mol. The highest BCUT2D eigenvalue weighted by Crippen LogP contribution is 2.43. The lowest BCUT2D eigenvalue weighted by molar-refractivity contribution is -0.137. The highest BCUT2D eigenvalue weighted by molar-refractivity contribution is 7.11. The molecule has 1 saturated carbocycles. The minimum absolute atomic E-state index is 0.273. The van der Waals surface area contributed by atoms with Crippen molar-refractivity contribution >= 4 is 11.3 Å². The minimum atomic E-state index is -4.36. The predicted octanol–water partition coefficient (Wildman–Crippen LogP) is 4.38. The van der Waals surface area contributed by atoms with E-state index in [0.29, 0.717) is 21.6 Å². The standard InChI is InChI=1S/C13H19F3N2S/c1-12(2)5-3-8(4-6-12)10(17)9-7-18-11(19-9)13(14,15)16/h7-8,10H,3-6,17H2,1-2H3. The zero-order valence-corrected chi connectivity index (χ0v) is 11.9. The van der Waals surface area contributed by atoms with Gasteiger partial charge in [0.1, 0.15) is 0 Å². The van der Waals surface area contributed by atoms with E-state index >= 15 is 0 Å². The molecule has 0 aliphatic heterocycles. The van der Waals surface area contributed by atoms with Crippen molar-refractivity contribution in [2.24, 2.45) is 17.1 Å². The molecule has 1 aromatic heterocycles. The summed E-state index contributed by atoms with van der Waals surface area (Å²) in [5.74, 6) is 0.273. The molecule has 1 aliphatic carbocycles. The van der Waals surface area contributed by atoms with Crippen LogP contribution < -0.4 is 5.73 Å². The summed E-state index contributed by atoms with van der Waals surface area (Å²) in [4.78, 5) is 4.00. The van der Waals surface area contributed by atoms with Crippen LogP contribution in [0.2, 0.25) is 0 Å². The van der Waals surface area contributed by atoms with Gasteiger partial charge in [0.2, 0.25) is 0 Å². The Balaban J connectivity index is 2.04. The van der Waals surface area contributed by atoms with E-state index in [9.17, 15) is 13.2 Å². The number of alkyl halides is 3. The Morgan fingerprint density at radius 1 is 1.37 bits per heavy atom. The Hall–Kier alpha value is -0.620. The van der Waals surface area contributed by atoms with Crippen molar-refractivity contribution in [3.8, 4) is 0 Å². The summed E-state index contributed by atoms with van der Waals surface area (Å²) in [6.07, 6.45) is 1.04. The number of nitrogens with zero attached hydrogens (tertiary/aromatic N) is 1. The molecule has 1 atom stereocenters. The summed E-state index contributed by atoms with van der Waals surface area (Å²) in [7, 11) is 0. The molecule has 2 rings (SSSR count). The van der Waals surface area contributed by atoms with Crippen LogP contribution in [0.15, 0.2) is 6.20 Å². The first kappa shape index (κ1) is 14.8. The molecule has 2 nitrogen and oxygen atoms in total. The fraction of sp³-hybridized carbons (Fsp3) is 0.769. The van der Waals surface area contributed by atoms with Gasteiger partial charge in [-0.2, -0.15) is 13.2 Å². The van der Waals surface area contributed by atoms with Gasteiger partial charge >= 0.3 is 6.18 Å². The number of rotatable bonds is 2. The quantitative estimate of drug-likeness (QED) is 0.878. The molecule has 1 unspecified atom stereocenters. The summed E-state index contributed by atoms with van der Waals surface area (Å²) < 4.78 is 37.5. The van der Waals surface area contributed by atoms with Gasteiger partial charge in [0.15, 0.2) is 5.01 Å². The third-order valence-electron chi connectivity index (χ3n) is 3.99. The second-order valence-electron chi connectivity index (χ2n) is 6.09. The molecule has 0 amide bonds. The molecule has 1 heterocycles. The summed E-state index contributed by atoms with van der Waals surface area (Å²) in [6, 6.07) is -0.315. The van der Waals surface area contributed by atoms with E-state index in [1.807, 2.05) is 0 Å². The second kappa shape index (κ2) is 5.05. The molecule has 1 aliphatic rings. The maximum Gasteiger partial charge on any atom is 0.443 e. The van der Waals surface area contributed by atoms with E-state index in [4.69, 9.17) is 5.73 Å². The van der Waals surface area contributed by atoms with Crippen LogP contribution in [-0.2, 0) is 6.18 Å². The lowest BCUT2D eigenvalue weighted by Crippen LogP contribution is -2.28. The molecular formula is C13H19F3N2S. The molecule has 0 spiro atoms.